The summed E-state index contributed by atoms with van der Waals surface area (Å²) in [5.41, 5.74) is 0. The van der Waals surface area contributed by atoms with Crippen LogP contribution >= 0.6 is 0 Å². The second-order valence-corrected chi connectivity index (χ2v) is 2.47. The lowest BCUT2D eigenvalue weighted by atomic mass is 10.1. The van der Waals surface area contributed by atoms with Gasteiger partial charge in [-0.25, -0.2) is 4.79 Å². The first-order valence-electron chi connectivity index (χ1n) is 3.81. The molecule has 4 heteroatoms. The molecular weight excluding hydrogens is 160 g/mol. The third kappa shape index (κ3) is 4.73. The van der Waals surface area contributed by atoms with Crippen LogP contribution in [-0.4, -0.2) is 27.4 Å². The van der Waals surface area contributed by atoms with Crippen molar-refractivity contribution in [3.05, 3.63) is 11.8 Å². The van der Waals surface area contributed by atoms with E-state index in [1.165, 1.54) is 0 Å². The summed E-state index contributed by atoms with van der Waals surface area (Å²) < 4.78 is 0. The van der Waals surface area contributed by atoms with Gasteiger partial charge in [0.05, 0.1) is 0 Å². The van der Waals surface area contributed by atoms with Gasteiger partial charge in [-0.3, -0.25) is 0 Å². The molecule has 0 bridgehead atoms. The molecule has 1 unspecified atom stereocenters. The third-order valence-electron chi connectivity index (χ3n) is 1.38. The van der Waals surface area contributed by atoms with Crippen LogP contribution in [0.1, 0.15) is 26.2 Å². The highest BCUT2D eigenvalue weighted by molar-refractivity contribution is 5.75. The van der Waals surface area contributed by atoms with Crippen molar-refractivity contribution in [3.8, 4) is 0 Å². The Morgan fingerprint density at radius 1 is 1.50 bits per heavy atom. The Morgan fingerprint density at radius 2 is 2.08 bits per heavy atom. The van der Waals surface area contributed by atoms with Crippen molar-refractivity contribution in [2.24, 2.45) is 0 Å². The zero-order chi connectivity index (χ0) is 9.56. The SMILES string of the molecule is CCCCC(O)/C(O)=[C]\C(=O)O. The average molecular weight is 173 g/mol. The van der Waals surface area contributed by atoms with Gasteiger partial charge in [0.15, 0.2) is 0 Å². The number of aliphatic hydroxyl groups excluding tert-OH is 2. The average Bonchev–Trinajstić information content (AvgIpc) is 1.98. The van der Waals surface area contributed by atoms with Crippen LogP contribution in [0, 0.1) is 6.08 Å². The smallest absolute Gasteiger partial charge is 0.340 e. The van der Waals surface area contributed by atoms with E-state index in [1.54, 1.807) is 6.08 Å². The number of hydrogen-bond acceptors (Lipinski definition) is 3. The van der Waals surface area contributed by atoms with E-state index in [2.05, 4.69) is 0 Å². The Hall–Kier alpha value is -1.03. The first-order valence-corrected chi connectivity index (χ1v) is 3.81. The standard InChI is InChI=1S/C8H13O4/c1-2-3-4-6(9)7(10)5-8(11)12/h6,9-10H,2-4H2,1H3,(H,11,12). The Balaban J connectivity index is 3.91. The zero-order valence-corrected chi connectivity index (χ0v) is 6.95. The number of carboxylic acid groups (broad SMARTS) is 1. The maximum Gasteiger partial charge on any atom is 0.340 e. The number of carboxylic acids is 1. The van der Waals surface area contributed by atoms with Crippen LogP contribution in [0.5, 0.6) is 0 Å². The lowest BCUT2D eigenvalue weighted by molar-refractivity contribution is -0.132. The highest BCUT2D eigenvalue weighted by Gasteiger charge is 2.10. The summed E-state index contributed by atoms with van der Waals surface area (Å²) in [5.74, 6) is -1.97. The van der Waals surface area contributed by atoms with E-state index in [0.29, 0.717) is 6.42 Å². The maximum absolute atomic E-state index is 9.98. The molecule has 0 aromatic heterocycles. The van der Waals surface area contributed by atoms with E-state index in [9.17, 15) is 4.79 Å². The van der Waals surface area contributed by atoms with Crippen LogP contribution in [0.3, 0.4) is 0 Å². The van der Waals surface area contributed by atoms with E-state index in [-0.39, 0.29) is 0 Å². The summed E-state index contributed by atoms with van der Waals surface area (Å²) in [6.07, 6.45) is 2.59. The lowest BCUT2D eigenvalue weighted by Crippen LogP contribution is -2.11. The number of unbranched alkanes of at least 4 members (excludes halogenated alkanes) is 1. The molecule has 0 aliphatic carbocycles. The Bertz CT molecular complexity index is 174. The Kier molecular flexibility index (Phi) is 5.12. The van der Waals surface area contributed by atoms with Gasteiger partial charge in [0, 0.05) is 0 Å². The number of hydrogen-bond donors (Lipinski definition) is 3. The predicted molar refractivity (Wildman–Crippen MR) is 42.6 cm³/mol. The van der Waals surface area contributed by atoms with Crippen LogP contribution in [0.4, 0.5) is 0 Å². The monoisotopic (exact) mass is 173 g/mol. The molecule has 1 radical (unpaired) electrons. The number of carbonyl (C=O) groups is 1. The molecule has 0 saturated carbocycles. The second-order valence-electron chi connectivity index (χ2n) is 2.47. The largest absolute Gasteiger partial charge is 0.509 e. The van der Waals surface area contributed by atoms with Crippen molar-refractivity contribution in [2.75, 3.05) is 0 Å². The molecule has 0 amide bonds. The van der Waals surface area contributed by atoms with Gasteiger partial charge in [0.2, 0.25) is 0 Å². The van der Waals surface area contributed by atoms with Gasteiger partial charge < -0.3 is 15.3 Å². The Morgan fingerprint density at radius 3 is 2.50 bits per heavy atom. The molecule has 0 spiro atoms. The molecule has 4 nitrogen and oxygen atoms in total. The molecule has 12 heavy (non-hydrogen) atoms. The summed E-state index contributed by atoms with van der Waals surface area (Å²) in [7, 11) is 0. The lowest BCUT2D eigenvalue weighted by Gasteiger charge is -2.06. The van der Waals surface area contributed by atoms with Crippen LogP contribution in [0.25, 0.3) is 0 Å². The number of aliphatic hydroxyl groups is 2. The molecular formula is C8H13O4. The van der Waals surface area contributed by atoms with E-state index in [4.69, 9.17) is 15.3 Å². The summed E-state index contributed by atoms with van der Waals surface area (Å²) >= 11 is 0. The number of rotatable bonds is 5. The molecule has 0 aromatic rings. The first kappa shape index (κ1) is 11.0. The van der Waals surface area contributed by atoms with Gasteiger partial charge in [-0.05, 0) is 6.42 Å². The van der Waals surface area contributed by atoms with Crippen LogP contribution in [-0.2, 0) is 4.79 Å². The zero-order valence-electron chi connectivity index (χ0n) is 6.95. The summed E-state index contributed by atoms with van der Waals surface area (Å²) in [6, 6.07) is 0. The van der Waals surface area contributed by atoms with Gasteiger partial charge in [0.1, 0.15) is 17.9 Å². The van der Waals surface area contributed by atoms with E-state index in [0.717, 1.165) is 12.8 Å². The Labute approximate surface area is 71.1 Å². The van der Waals surface area contributed by atoms with Gasteiger partial charge in [-0.1, -0.05) is 19.8 Å². The van der Waals surface area contributed by atoms with Crippen molar-refractivity contribution in [1.29, 1.82) is 0 Å². The normalized spacial score (nSPS) is 14.3. The van der Waals surface area contributed by atoms with Crippen LogP contribution in [0.15, 0.2) is 5.76 Å². The van der Waals surface area contributed by atoms with Gasteiger partial charge in [0.25, 0.3) is 0 Å². The molecule has 69 valence electrons. The van der Waals surface area contributed by atoms with Gasteiger partial charge in [-0.2, -0.15) is 0 Å². The maximum atomic E-state index is 9.98. The van der Waals surface area contributed by atoms with Gasteiger partial charge >= 0.3 is 5.97 Å². The fraction of sp³-hybridized carbons (Fsp3) is 0.625. The second kappa shape index (κ2) is 5.60. The van der Waals surface area contributed by atoms with Gasteiger partial charge in [-0.15, -0.1) is 0 Å². The molecule has 0 fully saturated rings. The minimum Gasteiger partial charge on any atom is -0.509 e. The highest BCUT2D eigenvalue weighted by Crippen LogP contribution is 2.06. The summed E-state index contributed by atoms with van der Waals surface area (Å²) in [6.45, 7) is 1.94. The molecule has 1 atom stereocenters. The quantitative estimate of drug-likeness (QED) is 0.425. The first-order chi connectivity index (χ1) is 5.57. The molecule has 0 heterocycles. The topological polar surface area (TPSA) is 77.8 Å². The van der Waals surface area contributed by atoms with Crippen LogP contribution in [0.2, 0.25) is 0 Å². The minimum absolute atomic E-state index is 0.364. The van der Waals surface area contributed by atoms with Crippen molar-refractivity contribution in [3.63, 3.8) is 0 Å². The molecule has 0 aliphatic heterocycles. The van der Waals surface area contributed by atoms with Crippen molar-refractivity contribution >= 4 is 5.97 Å². The summed E-state index contributed by atoms with van der Waals surface area (Å²) in [4.78, 5) is 9.98. The number of aliphatic carboxylic acids is 1. The molecule has 0 rings (SSSR count). The van der Waals surface area contributed by atoms with Crippen molar-refractivity contribution in [2.45, 2.75) is 32.3 Å². The van der Waals surface area contributed by atoms with E-state index < -0.39 is 17.8 Å². The minimum atomic E-state index is -1.37. The molecule has 3 N–H and O–H groups in total. The fourth-order valence-corrected chi connectivity index (χ4v) is 0.727. The summed E-state index contributed by atoms with van der Waals surface area (Å²) in [5, 5.41) is 26.1. The van der Waals surface area contributed by atoms with E-state index in [1.807, 2.05) is 6.92 Å². The molecule has 0 aliphatic rings. The molecule has 0 aromatic carbocycles. The van der Waals surface area contributed by atoms with Crippen molar-refractivity contribution < 1.29 is 20.1 Å². The fourth-order valence-electron chi connectivity index (χ4n) is 0.727. The van der Waals surface area contributed by atoms with E-state index >= 15 is 0 Å². The third-order valence-corrected chi connectivity index (χ3v) is 1.38. The van der Waals surface area contributed by atoms with Crippen molar-refractivity contribution in [1.82, 2.24) is 0 Å². The predicted octanol–water partition coefficient (Wildman–Crippen LogP) is 0.867. The molecule has 0 saturated heterocycles. The van der Waals surface area contributed by atoms with Crippen LogP contribution < -0.4 is 0 Å². The highest BCUT2D eigenvalue weighted by atomic mass is 16.4.